The molecule has 0 radical (unpaired) electrons. The highest BCUT2D eigenvalue weighted by Crippen LogP contribution is 2.19. The third-order valence-electron chi connectivity index (χ3n) is 3.71. The molecule has 0 N–H and O–H groups in total. The van der Waals surface area contributed by atoms with Crippen molar-refractivity contribution in [2.45, 2.75) is 25.3 Å². The van der Waals surface area contributed by atoms with Crippen LogP contribution >= 0.6 is 0 Å². The van der Waals surface area contributed by atoms with Gasteiger partial charge in [0.25, 0.3) is 0 Å². The Kier molecular flexibility index (Phi) is 4.23. The molecule has 2 aromatic rings. The second-order valence-corrected chi connectivity index (χ2v) is 5.26. The topological polar surface area (TPSA) is 59.8 Å². The molecule has 22 heavy (non-hydrogen) atoms. The van der Waals surface area contributed by atoms with E-state index in [1.807, 2.05) is 36.4 Å². The number of cyclic esters (lactones) is 1. The van der Waals surface area contributed by atoms with Crippen molar-refractivity contribution in [3.63, 3.8) is 0 Å². The quantitative estimate of drug-likeness (QED) is 0.852. The zero-order chi connectivity index (χ0) is 15.4. The second kappa shape index (κ2) is 6.47. The fourth-order valence-corrected chi connectivity index (χ4v) is 2.61. The van der Waals surface area contributed by atoms with Crippen LogP contribution in [0.2, 0.25) is 0 Å². The van der Waals surface area contributed by atoms with Gasteiger partial charge in [0.05, 0.1) is 12.3 Å². The van der Waals surface area contributed by atoms with Gasteiger partial charge in [-0.3, -0.25) is 4.79 Å². The highest BCUT2D eigenvalue weighted by molar-refractivity contribution is 5.93. The summed E-state index contributed by atoms with van der Waals surface area (Å²) in [5.74, 6) is 0.514. The van der Waals surface area contributed by atoms with Crippen molar-refractivity contribution in [3.05, 3.63) is 60.1 Å². The predicted octanol–water partition coefficient (Wildman–Crippen LogP) is 2.80. The van der Waals surface area contributed by atoms with Crippen molar-refractivity contribution in [2.24, 2.45) is 0 Å². The van der Waals surface area contributed by atoms with Gasteiger partial charge in [-0.2, -0.15) is 0 Å². The Morgan fingerprint density at radius 3 is 2.73 bits per heavy atom. The number of amides is 2. The average molecular weight is 299 g/mol. The maximum Gasteiger partial charge on any atom is 0.416 e. The minimum absolute atomic E-state index is 0.222. The van der Waals surface area contributed by atoms with Crippen LogP contribution in [-0.2, 0) is 22.4 Å². The van der Waals surface area contributed by atoms with E-state index in [1.165, 1.54) is 4.90 Å². The van der Waals surface area contributed by atoms with Gasteiger partial charge in [-0.1, -0.05) is 30.3 Å². The molecular weight excluding hydrogens is 282 g/mol. The molecule has 0 unspecified atom stereocenters. The number of imide groups is 1. The van der Waals surface area contributed by atoms with Gasteiger partial charge < -0.3 is 9.15 Å². The molecule has 1 aromatic heterocycles. The fraction of sp³-hybridized carbons (Fsp3) is 0.294. The Labute approximate surface area is 128 Å². The first-order valence-corrected chi connectivity index (χ1v) is 7.29. The van der Waals surface area contributed by atoms with Gasteiger partial charge in [-0.05, 0) is 24.1 Å². The number of carbonyl (C=O) groups excluding carboxylic acids is 2. The Bertz CT molecular complexity index is 636. The number of furan rings is 1. The minimum atomic E-state index is -0.551. The van der Waals surface area contributed by atoms with Gasteiger partial charge in [0.15, 0.2) is 0 Å². The van der Waals surface area contributed by atoms with Crippen LogP contribution in [-0.4, -0.2) is 29.5 Å². The van der Waals surface area contributed by atoms with Gasteiger partial charge in [0, 0.05) is 12.8 Å². The Morgan fingerprint density at radius 2 is 2.00 bits per heavy atom. The van der Waals surface area contributed by atoms with Crippen LogP contribution in [0.3, 0.4) is 0 Å². The molecule has 0 aliphatic carbocycles. The zero-order valence-corrected chi connectivity index (χ0v) is 12.1. The maximum absolute atomic E-state index is 12.3. The molecule has 114 valence electrons. The van der Waals surface area contributed by atoms with E-state index in [-0.39, 0.29) is 25.0 Å². The van der Waals surface area contributed by atoms with Crippen LogP contribution in [0, 0.1) is 0 Å². The molecule has 1 saturated heterocycles. The Hall–Kier alpha value is -2.56. The Morgan fingerprint density at radius 1 is 1.18 bits per heavy atom. The molecule has 1 fully saturated rings. The highest BCUT2D eigenvalue weighted by atomic mass is 16.6. The molecule has 1 atom stereocenters. The van der Waals surface area contributed by atoms with E-state index in [0.29, 0.717) is 12.8 Å². The molecule has 0 bridgehead atoms. The van der Waals surface area contributed by atoms with Crippen LogP contribution in [0.15, 0.2) is 53.1 Å². The van der Waals surface area contributed by atoms with Crippen molar-refractivity contribution in [3.8, 4) is 0 Å². The lowest BCUT2D eigenvalue weighted by molar-refractivity contribution is -0.129. The van der Waals surface area contributed by atoms with Gasteiger partial charge in [0.2, 0.25) is 5.91 Å². The third kappa shape index (κ3) is 3.19. The van der Waals surface area contributed by atoms with Crippen LogP contribution in [0.25, 0.3) is 0 Å². The van der Waals surface area contributed by atoms with Crippen molar-refractivity contribution < 1.29 is 18.7 Å². The third-order valence-corrected chi connectivity index (χ3v) is 3.71. The van der Waals surface area contributed by atoms with Crippen LogP contribution in [0.4, 0.5) is 4.79 Å². The number of nitrogens with zero attached hydrogens (tertiary/aromatic N) is 1. The number of hydrogen-bond donors (Lipinski definition) is 0. The first-order valence-electron chi connectivity index (χ1n) is 7.29. The van der Waals surface area contributed by atoms with E-state index in [4.69, 9.17) is 9.15 Å². The van der Waals surface area contributed by atoms with Gasteiger partial charge in [0.1, 0.15) is 12.4 Å². The minimum Gasteiger partial charge on any atom is -0.469 e. The second-order valence-electron chi connectivity index (χ2n) is 5.26. The highest BCUT2D eigenvalue weighted by Gasteiger charge is 2.37. The average Bonchev–Trinajstić information content (AvgIpc) is 3.16. The lowest BCUT2D eigenvalue weighted by Crippen LogP contribution is -2.40. The molecule has 1 aliphatic rings. The van der Waals surface area contributed by atoms with Gasteiger partial charge >= 0.3 is 6.09 Å². The summed E-state index contributed by atoms with van der Waals surface area (Å²) in [7, 11) is 0. The van der Waals surface area contributed by atoms with E-state index >= 15 is 0 Å². The summed E-state index contributed by atoms with van der Waals surface area (Å²) in [6, 6.07) is 13.1. The summed E-state index contributed by atoms with van der Waals surface area (Å²) in [6.45, 7) is 0.250. The first-order chi connectivity index (χ1) is 10.7. The molecule has 0 spiro atoms. The van der Waals surface area contributed by atoms with Gasteiger partial charge in [-0.15, -0.1) is 0 Å². The summed E-state index contributed by atoms with van der Waals surface area (Å²) in [5, 5.41) is 0. The summed E-state index contributed by atoms with van der Waals surface area (Å²) in [5.41, 5.74) is 1.08. The SMILES string of the molecule is O=C(CCc1ccco1)N1C(=O)OC[C@@H]1Cc1ccccc1. The van der Waals surface area contributed by atoms with E-state index in [9.17, 15) is 9.59 Å². The summed E-state index contributed by atoms with van der Waals surface area (Å²) in [6.07, 6.45) is 2.34. The number of aryl methyl sites for hydroxylation is 1. The monoisotopic (exact) mass is 299 g/mol. The molecule has 1 aromatic carbocycles. The van der Waals surface area contributed by atoms with Crippen LogP contribution in [0.1, 0.15) is 17.7 Å². The predicted molar refractivity (Wildman–Crippen MR) is 79.2 cm³/mol. The molecule has 2 heterocycles. The van der Waals surface area contributed by atoms with E-state index in [0.717, 1.165) is 11.3 Å². The molecule has 2 amide bonds. The molecule has 1 aliphatic heterocycles. The molecule has 5 heteroatoms. The standard InChI is InChI=1S/C17H17NO4/c19-16(9-8-15-7-4-10-21-15)18-14(12-22-17(18)20)11-13-5-2-1-3-6-13/h1-7,10,14H,8-9,11-12H2/t14-/m0/s1. The fourth-order valence-electron chi connectivity index (χ4n) is 2.61. The molecule has 3 rings (SSSR count). The van der Waals surface area contributed by atoms with Crippen molar-refractivity contribution in [1.29, 1.82) is 0 Å². The molecular formula is C17H17NO4. The van der Waals surface area contributed by atoms with Crippen LogP contribution in [0.5, 0.6) is 0 Å². The molecule has 0 saturated carbocycles. The smallest absolute Gasteiger partial charge is 0.416 e. The lowest BCUT2D eigenvalue weighted by atomic mass is 10.1. The number of benzene rings is 1. The van der Waals surface area contributed by atoms with Crippen LogP contribution < -0.4 is 0 Å². The van der Waals surface area contributed by atoms with E-state index in [2.05, 4.69) is 0 Å². The number of carbonyl (C=O) groups is 2. The maximum atomic E-state index is 12.3. The van der Waals surface area contributed by atoms with E-state index in [1.54, 1.807) is 12.3 Å². The van der Waals surface area contributed by atoms with Crippen molar-refractivity contribution in [1.82, 2.24) is 4.90 Å². The Balaban J connectivity index is 1.64. The first kappa shape index (κ1) is 14.4. The lowest BCUT2D eigenvalue weighted by Gasteiger charge is -2.19. The normalized spacial score (nSPS) is 17.5. The van der Waals surface area contributed by atoms with Gasteiger partial charge in [-0.25, -0.2) is 9.69 Å². The molecule has 5 nitrogen and oxygen atoms in total. The number of hydrogen-bond acceptors (Lipinski definition) is 4. The van der Waals surface area contributed by atoms with Crippen molar-refractivity contribution in [2.75, 3.05) is 6.61 Å². The summed E-state index contributed by atoms with van der Waals surface area (Å²) < 4.78 is 10.3. The zero-order valence-electron chi connectivity index (χ0n) is 12.1. The van der Waals surface area contributed by atoms with Crippen molar-refractivity contribution >= 4 is 12.0 Å². The number of rotatable bonds is 5. The number of ether oxygens (including phenoxy) is 1. The largest absolute Gasteiger partial charge is 0.469 e. The summed E-state index contributed by atoms with van der Waals surface area (Å²) >= 11 is 0. The summed E-state index contributed by atoms with van der Waals surface area (Å²) in [4.78, 5) is 25.4. The van der Waals surface area contributed by atoms with E-state index < -0.39 is 6.09 Å².